The molecule has 8 nitrogen and oxygen atoms in total. The number of halogens is 3. The second kappa shape index (κ2) is 11.2. The zero-order chi connectivity index (χ0) is 30.4. The summed E-state index contributed by atoms with van der Waals surface area (Å²) in [7, 11) is -3.02. The van der Waals surface area contributed by atoms with E-state index < -0.39 is 33.0 Å². The number of rotatable bonds is 6. The quantitative estimate of drug-likeness (QED) is 0.379. The van der Waals surface area contributed by atoms with Gasteiger partial charge >= 0.3 is 6.18 Å². The number of hydrogen-bond donors (Lipinski definition) is 1. The Balaban J connectivity index is 1.37. The Bertz CT molecular complexity index is 1660. The molecule has 1 aliphatic heterocycles. The molecule has 2 atom stereocenters. The number of amides is 1. The van der Waals surface area contributed by atoms with Crippen molar-refractivity contribution in [2.75, 3.05) is 29.5 Å². The number of benzene rings is 1. The first-order chi connectivity index (χ1) is 20.5. The summed E-state index contributed by atoms with van der Waals surface area (Å²) >= 11 is 1.27. The number of nitriles is 1. The monoisotopic (exact) mass is 629 g/mol. The molecule has 1 saturated heterocycles. The number of nitrogens with zero attached hydrogens (tertiary/aromatic N) is 4. The largest absolute Gasteiger partial charge is 0.417 e. The molecule has 1 aromatic carbocycles. The lowest BCUT2D eigenvalue weighted by atomic mass is 9.76. The highest BCUT2D eigenvalue weighted by Crippen LogP contribution is 2.47. The zero-order valence-corrected chi connectivity index (χ0v) is 24.9. The average Bonchev–Trinajstić information content (AvgIpc) is 3.63. The molecular weight excluding hydrogens is 599 g/mol. The maximum atomic E-state index is 13.5. The summed E-state index contributed by atoms with van der Waals surface area (Å²) in [6.07, 6.45) is 1.90. The lowest BCUT2D eigenvalue weighted by Crippen LogP contribution is -2.42. The summed E-state index contributed by atoms with van der Waals surface area (Å²) in [4.78, 5) is 25.0. The van der Waals surface area contributed by atoms with Crippen molar-refractivity contribution in [2.24, 2.45) is 5.92 Å². The van der Waals surface area contributed by atoms with Crippen molar-refractivity contribution in [1.29, 1.82) is 5.26 Å². The minimum atomic E-state index is -4.55. The van der Waals surface area contributed by atoms with E-state index in [0.29, 0.717) is 49.5 Å². The van der Waals surface area contributed by atoms with Crippen LogP contribution < -0.4 is 10.2 Å². The first-order valence-electron chi connectivity index (χ1n) is 14.3. The van der Waals surface area contributed by atoms with Gasteiger partial charge in [-0.15, -0.1) is 11.3 Å². The molecule has 3 aromatic rings. The van der Waals surface area contributed by atoms with Gasteiger partial charge in [-0.3, -0.25) is 9.78 Å². The molecule has 0 radical (unpaired) electrons. The van der Waals surface area contributed by atoms with Crippen molar-refractivity contribution >= 4 is 32.8 Å². The molecule has 0 unspecified atom stereocenters. The number of pyridine rings is 1. The van der Waals surface area contributed by atoms with Gasteiger partial charge in [-0.2, -0.15) is 18.4 Å². The summed E-state index contributed by atoms with van der Waals surface area (Å²) in [5, 5.41) is 12.9. The predicted octanol–water partition coefficient (Wildman–Crippen LogP) is 5.57. The summed E-state index contributed by atoms with van der Waals surface area (Å²) in [6.45, 7) is 0.812. The predicted molar refractivity (Wildman–Crippen MR) is 157 cm³/mol. The van der Waals surface area contributed by atoms with E-state index in [1.54, 1.807) is 0 Å². The van der Waals surface area contributed by atoms with Gasteiger partial charge in [0.25, 0.3) is 0 Å². The third-order valence-corrected chi connectivity index (χ3v) is 11.4. The third kappa shape index (κ3) is 6.26. The van der Waals surface area contributed by atoms with E-state index in [9.17, 15) is 31.6 Å². The summed E-state index contributed by atoms with van der Waals surface area (Å²) in [5.74, 6) is -0.669. The van der Waals surface area contributed by atoms with E-state index in [2.05, 4.69) is 16.4 Å². The minimum Gasteiger partial charge on any atom is -0.369 e. The normalized spacial score (nSPS) is 22.9. The van der Waals surface area contributed by atoms with Crippen LogP contribution in [0.25, 0.3) is 21.0 Å². The van der Waals surface area contributed by atoms with Crippen LogP contribution in [-0.4, -0.2) is 54.4 Å². The molecule has 2 aliphatic carbocycles. The number of alkyl halides is 3. The fraction of sp³-hybridized carbons (Fsp3) is 0.467. The molecule has 2 saturated carbocycles. The maximum absolute atomic E-state index is 13.5. The molecule has 1 N–H and O–H groups in total. The molecule has 0 bridgehead atoms. The van der Waals surface area contributed by atoms with Crippen molar-refractivity contribution in [3.05, 3.63) is 54.0 Å². The molecule has 13 heteroatoms. The standard InChI is InChI=1S/C30H30F3N5O3S2/c31-30(32,33)21-15-20(16-35-17-21)28-36-25(23-3-1-2-4-24(23)27(39)37-29(18-34)9-10-29)26(42-28)19-5-7-22(8-6-19)38-11-13-43(40,41)14-12-38/h5-8,15-17,23-24H,1-4,9-14H2,(H,37,39)/t23-,24-/m1/s1. The fourth-order valence-electron chi connectivity index (χ4n) is 5.91. The van der Waals surface area contributed by atoms with Crippen LogP contribution >= 0.6 is 11.3 Å². The van der Waals surface area contributed by atoms with Crippen molar-refractivity contribution in [1.82, 2.24) is 15.3 Å². The van der Waals surface area contributed by atoms with Crippen LogP contribution in [0.3, 0.4) is 0 Å². The summed E-state index contributed by atoms with van der Waals surface area (Å²) in [5.41, 5.74) is 0.938. The Kier molecular flexibility index (Phi) is 7.71. The second-order valence-corrected chi connectivity index (χ2v) is 14.9. The number of thiazole rings is 1. The van der Waals surface area contributed by atoms with Crippen LogP contribution in [0.15, 0.2) is 42.7 Å². The van der Waals surface area contributed by atoms with E-state index in [0.717, 1.165) is 41.2 Å². The number of carbonyl (C=O) groups is 1. The van der Waals surface area contributed by atoms with Crippen molar-refractivity contribution in [3.63, 3.8) is 0 Å². The Labute approximate surface area is 251 Å². The number of carbonyl (C=O) groups excluding carboxylic acids is 1. The lowest BCUT2D eigenvalue weighted by Gasteiger charge is -2.31. The highest BCUT2D eigenvalue weighted by molar-refractivity contribution is 7.91. The first-order valence-corrected chi connectivity index (χ1v) is 16.9. The van der Waals surface area contributed by atoms with E-state index in [1.807, 2.05) is 29.2 Å². The van der Waals surface area contributed by atoms with Gasteiger partial charge in [0.05, 0.1) is 33.7 Å². The average molecular weight is 630 g/mol. The van der Waals surface area contributed by atoms with Crippen LogP contribution in [0.5, 0.6) is 0 Å². The minimum absolute atomic E-state index is 0.0976. The van der Waals surface area contributed by atoms with Crippen LogP contribution in [0.1, 0.15) is 55.7 Å². The van der Waals surface area contributed by atoms with Crippen molar-refractivity contribution in [3.8, 4) is 27.1 Å². The van der Waals surface area contributed by atoms with Crippen LogP contribution in [0.2, 0.25) is 0 Å². The summed E-state index contributed by atoms with van der Waals surface area (Å²) < 4.78 is 64.3. The second-order valence-electron chi connectivity index (χ2n) is 11.6. The van der Waals surface area contributed by atoms with Gasteiger partial charge < -0.3 is 10.2 Å². The van der Waals surface area contributed by atoms with Crippen molar-refractivity contribution in [2.45, 2.75) is 56.2 Å². The van der Waals surface area contributed by atoms with Gasteiger partial charge in [0.2, 0.25) is 5.91 Å². The molecule has 3 aliphatic rings. The molecule has 43 heavy (non-hydrogen) atoms. The molecule has 3 heterocycles. The van der Waals surface area contributed by atoms with Crippen molar-refractivity contribution < 1.29 is 26.4 Å². The lowest BCUT2D eigenvalue weighted by molar-refractivity contribution is -0.137. The van der Waals surface area contributed by atoms with Crippen LogP contribution in [0.4, 0.5) is 18.9 Å². The topological polar surface area (TPSA) is 116 Å². The number of nitrogens with one attached hydrogen (secondary N) is 1. The number of aromatic nitrogens is 2. The Morgan fingerprint density at radius 1 is 1.07 bits per heavy atom. The van der Waals surface area contributed by atoms with Gasteiger partial charge in [-0.05, 0) is 49.4 Å². The van der Waals surface area contributed by atoms with E-state index in [1.165, 1.54) is 17.5 Å². The molecule has 3 fully saturated rings. The molecule has 1 amide bonds. The van der Waals surface area contributed by atoms with Gasteiger partial charge in [0.1, 0.15) is 10.5 Å². The number of anilines is 1. The Hall–Kier alpha value is -3.50. The zero-order valence-electron chi connectivity index (χ0n) is 23.2. The SMILES string of the molecule is N#CC1(NC(=O)[C@@H]2CCCC[C@H]2c2nc(-c3cncc(C(F)(F)F)c3)sc2-c2ccc(N3CCS(=O)(=O)CC3)cc2)CC1. The highest BCUT2D eigenvalue weighted by Gasteiger charge is 2.47. The smallest absolute Gasteiger partial charge is 0.369 e. The summed E-state index contributed by atoms with van der Waals surface area (Å²) in [6, 6.07) is 10.9. The molecule has 0 spiro atoms. The molecule has 2 aromatic heterocycles. The maximum Gasteiger partial charge on any atom is 0.417 e. The van der Waals surface area contributed by atoms with Crippen LogP contribution in [-0.2, 0) is 20.8 Å². The van der Waals surface area contributed by atoms with Crippen LogP contribution in [0, 0.1) is 17.2 Å². The van der Waals surface area contributed by atoms with Gasteiger partial charge in [-0.25, -0.2) is 13.4 Å². The van der Waals surface area contributed by atoms with Gasteiger partial charge in [0, 0.05) is 48.6 Å². The first kappa shape index (κ1) is 29.6. The molecular formula is C30H30F3N5O3S2. The highest BCUT2D eigenvalue weighted by atomic mass is 32.2. The third-order valence-electron chi connectivity index (χ3n) is 8.59. The molecule has 6 rings (SSSR count). The van der Waals surface area contributed by atoms with E-state index >= 15 is 0 Å². The Morgan fingerprint density at radius 3 is 2.42 bits per heavy atom. The van der Waals surface area contributed by atoms with Gasteiger partial charge in [0.15, 0.2) is 9.84 Å². The fourth-order valence-corrected chi connectivity index (χ4v) is 8.23. The van der Waals surface area contributed by atoms with E-state index in [4.69, 9.17) is 4.98 Å². The van der Waals surface area contributed by atoms with Gasteiger partial charge in [-0.1, -0.05) is 25.0 Å². The number of sulfone groups is 1. The van der Waals surface area contributed by atoms with E-state index in [-0.39, 0.29) is 28.9 Å². The Morgan fingerprint density at radius 2 is 1.77 bits per heavy atom. The number of hydrogen-bond acceptors (Lipinski definition) is 8. The molecule has 226 valence electrons.